The molecule has 0 bridgehead atoms. The fourth-order valence-corrected chi connectivity index (χ4v) is 3.97. The minimum absolute atomic E-state index is 0.0898. The summed E-state index contributed by atoms with van der Waals surface area (Å²) in [5.74, 6) is -3.35. The predicted octanol–water partition coefficient (Wildman–Crippen LogP) is -0.195. The second-order valence-corrected chi connectivity index (χ2v) is 7.00. The van der Waals surface area contributed by atoms with E-state index in [2.05, 4.69) is 10.2 Å². The van der Waals surface area contributed by atoms with Crippen molar-refractivity contribution in [3.05, 3.63) is 0 Å². The fourth-order valence-electron chi connectivity index (χ4n) is 0.959. The van der Waals surface area contributed by atoms with E-state index in [0.717, 1.165) is 0 Å². The molecular weight excluding hydrogens is 308 g/mol. The van der Waals surface area contributed by atoms with Crippen LogP contribution in [0.25, 0.3) is 0 Å². The van der Waals surface area contributed by atoms with Gasteiger partial charge in [-0.3, -0.25) is 9.59 Å². The zero-order chi connectivity index (χ0) is 13.9. The van der Waals surface area contributed by atoms with Crippen LogP contribution in [0.4, 0.5) is 0 Å². The van der Waals surface area contributed by atoms with Gasteiger partial charge in [0.25, 0.3) is 0 Å². The van der Waals surface area contributed by atoms with Gasteiger partial charge in [0.15, 0.2) is 5.25 Å². The van der Waals surface area contributed by atoms with Crippen molar-refractivity contribution in [2.24, 2.45) is 0 Å². The van der Waals surface area contributed by atoms with Crippen molar-refractivity contribution in [3.8, 4) is 0 Å². The number of nitrogens with zero attached hydrogens (tertiary/aromatic N) is 2. The van der Waals surface area contributed by atoms with E-state index < -0.39 is 37.8 Å². The first-order chi connectivity index (χ1) is 8.28. The van der Waals surface area contributed by atoms with Crippen molar-refractivity contribution in [2.75, 3.05) is 0 Å². The van der Waals surface area contributed by atoms with Gasteiger partial charge in [-0.2, -0.15) is 0 Å². The standard InChI is InChI=1S/C6H6N2O7S3/c9-3(10)1-2(4(11)12)18(14,15)6-8-7-5(16-6)17-13/h2,13H,1H2,(H,9,10)(H,11,12). The smallest absolute Gasteiger partial charge is 0.322 e. The number of hydrogen-bond donors (Lipinski definition) is 3. The molecule has 1 atom stereocenters. The number of carboxylic acids is 2. The number of carboxylic acid groups (broad SMARTS) is 2. The zero-order valence-corrected chi connectivity index (χ0v) is 10.8. The van der Waals surface area contributed by atoms with Crippen molar-refractivity contribution in [1.29, 1.82) is 0 Å². The number of aliphatic carboxylic acids is 2. The van der Waals surface area contributed by atoms with Crippen LogP contribution in [0.15, 0.2) is 8.68 Å². The van der Waals surface area contributed by atoms with Gasteiger partial charge >= 0.3 is 11.9 Å². The van der Waals surface area contributed by atoms with Gasteiger partial charge in [0.1, 0.15) is 0 Å². The molecule has 0 fully saturated rings. The Bertz CT molecular complexity index is 565. The van der Waals surface area contributed by atoms with Crippen molar-refractivity contribution in [3.63, 3.8) is 0 Å². The molecule has 1 rings (SSSR count). The molecule has 0 aliphatic carbocycles. The van der Waals surface area contributed by atoms with E-state index >= 15 is 0 Å². The Morgan fingerprint density at radius 3 is 2.33 bits per heavy atom. The third kappa shape index (κ3) is 3.16. The lowest BCUT2D eigenvalue weighted by Crippen LogP contribution is -2.32. The number of sulfone groups is 1. The fraction of sp³-hybridized carbons (Fsp3) is 0.333. The highest BCUT2D eigenvalue weighted by Gasteiger charge is 2.38. The third-order valence-electron chi connectivity index (χ3n) is 1.72. The van der Waals surface area contributed by atoms with E-state index in [4.69, 9.17) is 14.8 Å². The molecule has 100 valence electrons. The second-order valence-electron chi connectivity index (χ2n) is 2.89. The molecule has 1 aromatic heterocycles. The summed E-state index contributed by atoms with van der Waals surface area (Å²) in [4.78, 5) is 21.2. The molecule has 1 aromatic rings. The molecule has 12 heteroatoms. The summed E-state index contributed by atoms with van der Waals surface area (Å²) in [7, 11) is -4.44. The minimum atomic E-state index is -4.44. The van der Waals surface area contributed by atoms with E-state index in [9.17, 15) is 18.0 Å². The van der Waals surface area contributed by atoms with Crippen LogP contribution in [-0.4, -0.2) is 50.6 Å². The molecule has 0 aromatic carbocycles. The Morgan fingerprint density at radius 2 is 1.94 bits per heavy atom. The van der Waals surface area contributed by atoms with Gasteiger partial charge in [-0.15, -0.1) is 10.2 Å². The van der Waals surface area contributed by atoms with Crippen LogP contribution in [-0.2, 0) is 19.4 Å². The van der Waals surface area contributed by atoms with Gasteiger partial charge < -0.3 is 14.8 Å². The summed E-state index contributed by atoms with van der Waals surface area (Å²) >= 11 is 0.616. The maximum Gasteiger partial charge on any atom is 0.322 e. The van der Waals surface area contributed by atoms with Crippen LogP contribution < -0.4 is 0 Å². The Morgan fingerprint density at radius 1 is 1.33 bits per heavy atom. The van der Waals surface area contributed by atoms with Crippen LogP contribution in [0, 0.1) is 0 Å². The van der Waals surface area contributed by atoms with Crippen LogP contribution >= 0.6 is 23.4 Å². The molecule has 0 saturated carbocycles. The maximum absolute atomic E-state index is 11.8. The van der Waals surface area contributed by atoms with Gasteiger partial charge in [-0.05, 0) is 0 Å². The average Bonchev–Trinajstić information content (AvgIpc) is 2.74. The number of aromatic nitrogens is 2. The average molecular weight is 314 g/mol. The predicted molar refractivity (Wildman–Crippen MR) is 59.3 cm³/mol. The lowest BCUT2D eigenvalue weighted by atomic mass is 10.3. The molecule has 0 aliphatic rings. The molecule has 18 heavy (non-hydrogen) atoms. The molecule has 0 amide bonds. The van der Waals surface area contributed by atoms with E-state index in [1.54, 1.807) is 0 Å². The highest BCUT2D eigenvalue weighted by molar-refractivity contribution is 7.97. The summed E-state index contributed by atoms with van der Waals surface area (Å²) in [5, 5.41) is 21.6. The molecule has 9 nitrogen and oxygen atoms in total. The first-order valence-electron chi connectivity index (χ1n) is 4.12. The summed E-state index contributed by atoms with van der Waals surface area (Å²) < 4.78 is 31.5. The second kappa shape index (κ2) is 5.60. The maximum atomic E-state index is 11.8. The number of rotatable bonds is 6. The molecule has 0 aliphatic heterocycles. The normalized spacial score (nSPS) is 13.2. The summed E-state index contributed by atoms with van der Waals surface area (Å²) in [6, 6.07) is 0. The molecule has 3 N–H and O–H groups in total. The summed E-state index contributed by atoms with van der Waals surface area (Å²) in [5.41, 5.74) is 0. The largest absolute Gasteiger partial charge is 0.481 e. The molecular formula is C6H6N2O7S3. The zero-order valence-electron chi connectivity index (χ0n) is 8.38. The molecule has 0 spiro atoms. The van der Waals surface area contributed by atoms with Crippen LogP contribution in [0.5, 0.6) is 0 Å². The quantitative estimate of drug-likeness (QED) is 0.601. The molecule has 0 saturated heterocycles. The van der Waals surface area contributed by atoms with Crippen molar-refractivity contribution < 1.29 is 32.8 Å². The Balaban J connectivity index is 3.16. The molecule has 0 radical (unpaired) electrons. The van der Waals surface area contributed by atoms with E-state index in [1.165, 1.54) is 0 Å². The highest BCUT2D eigenvalue weighted by Crippen LogP contribution is 2.26. The van der Waals surface area contributed by atoms with E-state index in [0.29, 0.717) is 11.3 Å². The lowest BCUT2D eigenvalue weighted by molar-refractivity contribution is -0.143. The van der Waals surface area contributed by atoms with Gasteiger partial charge in [0.2, 0.25) is 18.5 Å². The van der Waals surface area contributed by atoms with Gasteiger partial charge in [-0.1, -0.05) is 11.3 Å². The number of hydrogen-bond acceptors (Lipinski definition) is 9. The van der Waals surface area contributed by atoms with Gasteiger partial charge in [0, 0.05) is 0 Å². The topological polar surface area (TPSA) is 155 Å². The summed E-state index contributed by atoms with van der Waals surface area (Å²) in [6.45, 7) is 0. The lowest BCUT2D eigenvalue weighted by Gasteiger charge is -2.07. The van der Waals surface area contributed by atoms with E-state index in [1.807, 2.05) is 0 Å². The number of carbonyl (C=O) groups is 2. The Kier molecular flexibility index (Phi) is 4.61. The first-order valence-corrected chi connectivity index (χ1v) is 7.26. The Labute approximate surface area is 109 Å². The minimum Gasteiger partial charge on any atom is -0.481 e. The highest BCUT2D eigenvalue weighted by atomic mass is 32.2. The molecule has 1 heterocycles. The monoisotopic (exact) mass is 314 g/mol. The SMILES string of the molecule is O=C(O)CC(C(=O)O)S(=O)(=O)c1nnc(SO)s1. The third-order valence-corrected chi connectivity index (χ3v) is 5.58. The van der Waals surface area contributed by atoms with Crippen LogP contribution in [0.1, 0.15) is 6.42 Å². The van der Waals surface area contributed by atoms with Crippen molar-refractivity contribution in [1.82, 2.24) is 10.2 Å². The summed E-state index contributed by atoms with van der Waals surface area (Å²) in [6.07, 6.45) is -1.08. The van der Waals surface area contributed by atoms with Crippen LogP contribution in [0.3, 0.4) is 0 Å². The van der Waals surface area contributed by atoms with Crippen LogP contribution in [0.2, 0.25) is 0 Å². The van der Waals surface area contributed by atoms with Crippen molar-refractivity contribution in [2.45, 2.75) is 20.4 Å². The molecule has 1 unspecified atom stereocenters. The van der Waals surface area contributed by atoms with Gasteiger partial charge in [0.05, 0.1) is 18.5 Å². The van der Waals surface area contributed by atoms with Crippen molar-refractivity contribution >= 4 is 45.2 Å². The van der Waals surface area contributed by atoms with E-state index in [-0.39, 0.29) is 16.4 Å². The first kappa shape index (κ1) is 14.8. The van der Waals surface area contributed by atoms with Gasteiger partial charge in [-0.25, -0.2) is 8.42 Å². The Hall–Kier alpha value is -1.24.